The molecule has 2 rings (SSSR count). The first-order valence-corrected chi connectivity index (χ1v) is 6.91. The molecule has 0 spiro atoms. The van der Waals surface area contributed by atoms with Crippen LogP contribution in [0.3, 0.4) is 0 Å². The van der Waals surface area contributed by atoms with Gasteiger partial charge in [-0.15, -0.1) is 0 Å². The number of nitrogens with one attached hydrogen (secondary N) is 1. The lowest BCUT2D eigenvalue weighted by atomic mass is 10.2. The quantitative estimate of drug-likeness (QED) is 0.858. The smallest absolute Gasteiger partial charge is 0.129 e. The highest BCUT2D eigenvalue weighted by Gasteiger charge is 2.13. The van der Waals surface area contributed by atoms with Gasteiger partial charge in [0.2, 0.25) is 0 Å². The summed E-state index contributed by atoms with van der Waals surface area (Å²) in [4.78, 5) is 0. The second-order valence-corrected chi connectivity index (χ2v) is 5.25. The summed E-state index contributed by atoms with van der Waals surface area (Å²) in [7, 11) is 1.68. The van der Waals surface area contributed by atoms with E-state index in [2.05, 4.69) is 5.32 Å². The Kier molecular flexibility index (Phi) is 4.75. The van der Waals surface area contributed by atoms with E-state index >= 15 is 0 Å². The van der Waals surface area contributed by atoms with E-state index in [1.165, 1.54) is 24.3 Å². The molecule has 0 radical (unpaired) electrons. The standard InChI is InChI=1S/C12H19NO2S/c1-14-8-12-5-4-11(15-12)7-13-10-3-2-6-16-9-10/h4-5,10,13H,2-3,6-9H2,1H3. The van der Waals surface area contributed by atoms with Crippen molar-refractivity contribution in [3.8, 4) is 0 Å². The van der Waals surface area contributed by atoms with Crippen molar-refractivity contribution in [1.29, 1.82) is 0 Å². The van der Waals surface area contributed by atoms with E-state index in [4.69, 9.17) is 9.15 Å². The Bertz CT molecular complexity index is 308. The zero-order valence-corrected chi connectivity index (χ0v) is 10.5. The van der Waals surface area contributed by atoms with Gasteiger partial charge in [0.15, 0.2) is 0 Å². The van der Waals surface area contributed by atoms with Crippen LogP contribution in [0.15, 0.2) is 16.5 Å². The minimum atomic E-state index is 0.555. The van der Waals surface area contributed by atoms with E-state index in [1.807, 2.05) is 23.9 Å². The molecule has 1 N–H and O–H groups in total. The largest absolute Gasteiger partial charge is 0.462 e. The molecule has 4 heteroatoms. The van der Waals surface area contributed by atoms with Gasteiger partial charge in [0.1, 0.15) is 18.1 Å². The van der Waals surface area contributed by atoms with Gasteiger partial charge in [-0.2, -0.15) is 11.8 Å². The number of ether oxygens (including phenoxy) is 1. The molecule has 2 heterocycles. The van der Waals surface area contributed by atoms with Crippen LogP contribution in [0, 0.1) is 0 Å². The van der Waals surface area contributed by atoms with E-state index in [9.17, 15) is 0 Å². The maximum Gasteiger partial charge on any atom is 0.129 e. The fourth-order valence-corrected chi connectivity index (χ4v) is 2.99. The molecule has 1 atom stereocenters. The van der Waals surface area contributed by atoms with Crippen LogP contribution < -0.4 is 5.32 Å². The Morgan fingerprint density at radius 3 is 3.12 bits per heavy atom. The highest BCUT2D eigenvalue weighted by Crippen LogP contribution is 2.17. The Labute approximate surface area is 101 Å². The van der Waals surface area contributed by atoms with Crippen molar-refractivity contribution in [2.45, 2.75) is 32.0 Å². The molecule has 0 amide bonds. The third-order valence-electron chi connectivity index (χ3n) is 2.73. The zero-order chi connectivity index (χ0) is 11.2. The molecule has 1 aromatic rings. The SMILES string of the molecule is COCc1ccc(CNC2CCCSC2)o1. The predicted molar refractivity (Wildman–Crippen MR) is 66.6 cm³/mol. The van der Waals surface area contributed by atoms with Crippen LogP contribution in [0.4, 0.5) is 0 Å². The monoisotopic (exact) mass is 241 g/mol. The maximum atomic E-state index is 5.62. The Morgan fingerprint density at radius 2 is 2.38 bits per heavy atom. The molecule has 3 nitrogen and oxygen atoms in total. The van der Waals surface area contributed by atoms with Crippen molar-refractivity contribution in [2.75, 3.05) is 18.6 Å². The van der Waals surface area contributed by atoms with Gasteiger partial charge in [-0.05, 0) is 30.7 Å². The molecular weight excluding hydrogens is 222 g/mol. The van der Waals surface area contributed by atoms with Crippen molar-refractivity contribution in [2.24, 2.45) is 0 Å². The lowest BCUT2D eigenvalue weighted by molar-refractivity contribution is 0.162. The van der Waals surface area contributed by atoms with Gasteiger partial charge in [-0.3, -0.25) is 0 Å². The summed E-state index contributed by atoms with van der Waals surface area (Å²) in [5.41, 5.74) is 0. The van der Waals surface area contributed by atoms with Crippen LogP contribution in [-0.2, 0) is 17.9 Å². The number of furan rings is 1. The normalized spacial score (nSPS) is 21.2. The lowest BCUT2D eigenvalue weighted by Gasteiger charge is -2.21. The molecule has 1 unspecified atom stereocenters. The maximum absolute atomic E-state index is 5.62. The van der Waals surface area contributed by atoms with Gasteiger partial charge in [-0.25, -0.2) is 0 Å². The second-order valence-electron chi connectivity index (χ2n) is 4.10. The number of rotatable bonds is 5. The van der Waals surface area contributed by atoms with Crippen LogP contribution >= 0.6 is 11.8 Å². The van der Waals surface area contributed by atoms with Crippen molar-refractivity contribution < 1.29 is 9.15 Å². The van der Waals surface area contributed by atoms with Gasteiger partial charge < -0.3 is 14.5 Å². The van der Waals surface area contributed by atoms with Crippen molar-refractivity contribution >= 4 is 11.8 Å². The van der Waals surface area contributed by atoms with E-state index in [0.717, 1.165) is 18.1 Å². The van der Waals surface area contributed by atoms with Gasteiger partial charge in [0, 0.05) is 18.9 Å². The van der Waals surface area contributed by atoms with Crippen LogP contribution in [0.5, 0.6) is 0 Å². The molecule has 0 saturated carbocycles. The minimum absolute atomic E-state index is 0.555. The average molecular weight is 241 g/mol. The topological polar surface area (TPSA) is 34.4 Å². The zero-order valence-electron chi connectivity index (χ0n) is 9.70. The molecule has 0 aromatic carbocycles. The summed E-state index contributed by atoms with van der Waals surface area (Å²) in [6.07, 6.45) is 2.62. The summed E-state index contributed by atoms with van der Waals surface area (Å²) in [6.45, 7) is 1.38. The van der Waals surface area contributed by atoms with Crippen LogP contribution in [0.2, 0.25) is 0 Å². The first-order chi connectivity index (χ1) is 7.88. The van der Waals surface area contributed by atoms with E-state index in [-0.39, 0.29) is 0 Å². The first kappa shape index (κ1) is 12.0. The van der Waals surface area contributed by atoms with Crippen LogP contribution in [-0.4, -0.2) is 24.7 Å². The fourth-order valence-electron chi connectivity index (χ4n) is 1.88. The number of hydrogen-bond donors (Lipinski definition) is 1. The number of hydrogen-bond acceptors (Lipinski definition) is 4. The molecule has 1 aliphatic rings. The minimum Gasteiger partial charge on any atom is -0.462 e. The van der Waals surface area contributed by atoms with Gasteiger partial charge >= 0.3 is 0 Å². The molecule has 16 heavy (non-hydrogen) atoms. The molecule has 1 fully saturated rings. The first-order valence-electron chi connectivity index (χ1n) is 5.76. The molecule has 1 saturated heterocycles. The van der Waals surface area contributed by atoms with Crippen LogP contribution in [0.25, 0.3) is 0 Å². The molecule has 1 aromatic heterocycles. The van der Waals surface area contributed by atoms with E-state index < -0.39 is 0 Å². The Hall–Kier alpha value is -0.450. The van der Waals surface area contributed by atoms with Crippen molar-refractivity contribution in [3.63, 3.8) is 0 Å². The van der Waals surface area contributed by atoms with Crippen molar-refractivity contribution in [3.05, 3.63) is 23.7 Å². The molecule has 90 valence electrons. The van der Waals surface area contributed by atoms with Crippen molar-refractivity contribution in [1.82, 2.24) is 5.32 Å². The predicted octanol–water partition coefficient (Wildman–Crippen LogP) is 2.41. The molecule has 0 aliphatic carbocycles. The summed E-state index contributed by atoms with van der Waals surface area (Å²) < 4.78 is 10.6. The van der Waals surface area contributed by atoms with E-state index in [0.29, 0.717) is 12.6 Å². The second kappa shape index (κ2) is 6.33. The molecule has 1 aliphatic heterocycles. The third-order valence-corrected chi connectivity index (χ3v) is 3.94. The number of methoxy groups -OCH3 is 1. The van der Waals surface area contributed by atoms with Crippen LogP contribution in [0.1, 0.15) is 24.4 Å². The van der Waals surface area contributed by atoms with Gasteiger partial charge in [0.25, 0.3) is 0 Å². The van der Waals surface area contributed by atoms with Gasteiger partial charge in [0.05, 0.1) is 6.54 Å². The van der Waals surface area contributed by atoms with Gasteiger partial charge in [-0.1, -0.05) is 0 Å². The summed E-state index contributed by atoms with van der Waals surface area (Å²) in [6, 6.07) is 4.66. The number of thioether (sulfide) groups is 1. The highest BCUT2D eigenvalue weighted by molar-refractivity contribution is 7.99. The highest BCUT2D eigenvalue weighted by atomic mass is 32.2. The summed E-state index contributed by atoms with van der Waals surface area (Å²) in [5.74, 6) is 4.45. The Balaban J connectivity index is 1.75. The molecule has 0 bridgehead atoms. The third kappa shape index (κ3) is 3.54. The lowest BCUT2D eigenvalue weighted by Crippen LogP contribution is -2.33. The summed E-state index contributed by atoms with van der Waals surface area (Å²) >= 11 is 2.04. The Morgan fingerprint density at radius 1 is 1.50 bits per heavy atom. The van der Waals surface area contributed by atoms with E-state index in [1.54, 1.807) is 7.11 Å². The fraction of sp³-hybridized carbons (Fsp3) is 0.667. The summed E-state index contributed by atoms with van der Waals surface area (Å²) in [5, 5.41) is 3.54. The average Bonchev–Trinajstić information content (AvgIpc) is 2.76. The molecular formula is C12H19NO2S.